The lowest BCUT2D eigenvalue weighted by Crippen LogP contribution is -2.14. The molecule has 0 atom stereocenters. The summed E-state index contributed by atoms with van der Waals surface area (Å²) < 4.78 is 0.992. The van der Waals surface area contributed by atoms with Crippen LogP contribution in [0.4, 0.5) is 5.69 Å². The highest BCUT2D eigenvalue weighted by Crippen LogP contribution is 2.24. The molecule has 1 amide bonds. The first-order chi connectivity index (χ1) is 8.99. The van der Waals surface area contributed by atoms with Gasteiger partial charge in [-0.25, -0.2) is 0 Å². The lowest BCUT2D eigenvalue weighted by molar-refractivity contribution is 0.102. The molecule has 0 heterocycles. The van der Waals surface area contributed by atoms with Gasteiger partial charge in [0.2, 0.25) is 0 Å². The van der Waals surface area contributed by atoms with Gasteiger partial charge in [0.05, 0.1) is 0 Å². The van der Waals surface area contributed by atoms with Crippen LogP contribution in [0.5, 0.6) is 0 Å². The van der Waals surface area contributed by atoms with Gasteiger partial charge in [0, 0.05) is 15.7 Å². The van der Waals surface area contributed by atoms with Gasteiger partial charge in [-0.2, -0.15) is 0 Å². The molecule has 0 radical (unpaired) electrons. The molecule has 0 aromatic heterocycles. The third-order valence-corrected chi connectivity index (χ3v) is 4.00. The average Bonchev–Trinajstić information content (AvgIpc) is 2.34. The van der Waals surface area contributed by atoms with Crippen molar-refractivity contribution < 1.29 is 4.79 Å². The fourth-order valence-electron chi connectivity index (χ4n) is 2.00. The van der Waals surface area contributed by atoms with Crippen molar-refractivity contribution >= 4 is 27.5 Å². The molecule has 0 saturated carbocycles. The molecule has 2 rings (SSSR count). The van der Waals surface area contributed by atoms with Crippen LogP contribution in [0.1, 0.15) is 27.0 Å². The Hall–Kier alpha value is -1.61. The Morgan fingerprint density at radius 3 is 2.53 bits per heavy atom. The number of halogens is 1. The van der Waals surface area contributed by atoms with E-state index < -0.39 is 0 Å². The van der Waals surface area contributed by atoms with Crippen molar-refractivity contribution in [1.29, 1.82) is 0 Å². The molecule has 0 unspecified atom stereocenters. The normalized spacial score (nSPS) is 10.3. The Morgan fingerprint density at radius 2 is 1.84 bits per heavy atom. The van der Waals surface area contributed by atoms with E-state index in [1.165, 1.54) is 0 Å². The Balaban J connectivity index is 2.28. The fourth-order valence-corrected chi connectivity index (χ4v) is 2.37. The monoisotopic (exact) mass is 317 g/mol. The second-order valence-electron chi connectivity index (χ2n) is 4.68. The summed E-state index contributed by atoms with van der Waals surface area (Å²) in [6.07, 6.45) is 0. The zero-order valence-corrected chi connectivity index (χ0v) is 12.8. The highest BCUT2D eigenvalue weighted by molar-refractivity contribution is 9.10. The molecule has 19 heavy (non-hydrogen) atoms. The molecule has 0 bridgehead atoms. The minimum Gasteiger partial charge on any atom is -0.322 e. The molecule has 0 spiro atoms. The van der Waals surface area contributed by atoms with Crippen molar-refractivity contribution in [2.24, 2.45) is 0 Å². The Bertz CT molecular complexity index is 635. The average molecular weight is 318 g/mol. The number of hydrogen-bond acceptors (Lipinski definition) is 1. The maximum Gasteiger partial charge on any atom is 0.255 e. The van der Waals surface area contributed by atoms with Gasteiger partial charge >= 0.3 is 0 Å². The minimum absolute atomic E-state index is 0.0706. The molecule has 98 valence electrons. The van der Waals surface area contributed by atoms with Crippen LogP contribution >= 0.6 is 15.9 Å². The molecule has 0 aliphatic rings. The van der Waals surface area contributed by atoms with Crippen molar-refractivity contribution in [2.75, 3.05) is 5.32 Å². The first-order valence-corrected chi connectivity index (χ1v) is 6.92. The van der Waals surface area contributed by atoms with Gasteiger partial charge in [-0.15, -0.1) is 0 Å². The van der Waals surface area contributed by atoms with Crippen LogP contribution in [0.15, 0.2) is 40.9 Å². The van der Waals surface area contributed by atoms with Gasteiger partial charge in [0.15, 0.2) is 0 Å². The van der Waals surface area contributed by atoms with E-state index in [-0.39, 0.29) is 5.91 Å². The van der Waals surface area contributed by atoms with Crippen LogP contribution in [-0.4, -0.2) is 5.91 Å². The number of aryl methyl sites for hydroxylation is 2. The smallest absolute Gasteiger partial charge is 0.255 e. The molecular formula is C16H16BrNO. The van der Waals surface area contributed by atoms with Gasteiger partial charge in [-0.1, -0.05) is 39.7 Å². The number of amides is 1. The maximum atomic E-state index is 12.3. The van der Waals surface area contributed by atoms with E-state index in [0.29, 0.717) is 5.56 Å². The van der Waals surface area contributed by atoms with Crippen molar-refractivity contribution in [3.63, 3.8) is 0 Å². The molecule has 2 nitrogen and oxygen atoms in total. The topological polar surface area (TPSA) is 29.1 Å². The van der Waals surface area contributed by atoms with Gasteiger partial charge in [0.1, 0.15) is 0 Å². The summed E-state index contributed by atoms with van der Waals surface area (Å²) >= 11 is 3.46. The zero-order chi connectivity index (χ0) is 14.0. The zero-order valence-electron chi connectivity index (χ0n) is 11.3. The second kappa shape index (κ2) is 5.57. The van der Waals surface area contributed by atoms with Crippen molar-refractivity contribution in [3.8, 4) is 0 Å². The van der Waals surface area contributed by atoms with E-state index in [1.807, 2.05) is 57.2 Å². The summed E-state index contributed by atoms with van der Waals surface area (Å²) in [4.78, 5) is 12.3. The molecular weight excluding hydrogens is 302 g/mol. The predicted molar refractivity (Wildman–Crippen MR) is 82.7 cm³/mol. The fraction of sp³-hybridized carbons (Fsp3) is 0.188. The van der Waals surface area contributed by atoms with Crippen LogP contribution in [0.2, 0.25) is 0 Å². The van der Waals surface area contributed by atoms with E-state index in [4.69, 9.17) is 0 Å². The summed E-state index contributed by atoms with van der Waals surface area (Å²) in [5.41, 5.74) is 4.72. The van der Waals surface area contributed by atoms with E-state index in [0.717, 1.165) is 26.9 Å². The van der Waals surface area contributed by atoms with Crippen molar-refractivity contribution in [2.45, 2.75) is 20.8 Å². The molecule has 2 aromatic carbocycles. The minimum atomic E-state index is -0.0706. The second-order valence-corrected chi connectivity index (χ2v) is 5.54. The number of carbonyl (C=O) groups excluding carboxylic acids is 1. The summed E-state index contributed by atoms with van der Waals surface area (Å²) in [5, 5.41) is 2.96. The van der Waals surface area contributed by atoms with E-state index in [2.05, 4.69) is 21.2 Å². The Kier molecular flexibility index (Phi) is 4.05. The molecule has 0 aliphatic heterocycles. The van der Waals surface area contributed by atoms with Crippen LogP contribution in [0.3, 0.4) is 0 Å². The van der Waals surface area contributed by atoms with E-state index in [9.17, 15) is 4.79 Å². The number of anilines is 1. The quantitative estimate of drug-likeness (QED) is 0.859. The summed E-state index contributed by atoms with van der Waals surface area (Å²) in [5.74, 6) is -0.0706. The van der Waals surface area contributed by atoms with Gasteiger partial charge in [-0.3, -0.25) is 4.79 Å². The molecule has 3 heteroatoms. The molecule has 0 fully saturated rings. The first kappa shape index (κ1) is 13.8. The predicted octanol–water partition coefficient (Wildman–Crippen LogP) is 4.63. The van der Waals surface area contributed by atoms with Gasteiger partial charge in [-0.05, 0) is 50.1 Å². The number of rotatable bonds is 2. The van der Waals surface area contributed by atoms with Gasteiger partial charge < -0.3 is 5.32 Å². The number of benzene rings is 2. The summed E-state index contributed by atoms with van der Waals surface area (Å²) in [6, 6.07) is 11.6. The van der Waals surface area contributed by atoms with Crippen LogP contribution in [0, 0.1) is 20.8 Å². The highest BCUT2D eigenvalue weighted by atomic mass is 79.9. The molecule has 2 aromatic rings. The summed E-state index contributed by atoms with van der Waals surface area (Å²) in [6.45, 7) is 5.95. The Morgan fingerprint density at radius 1 is 1.11 bits per heavy atom. The third kappa shape index (κ3) is 3.04. The van der Waals surface area contributed by atoms with Crippen molar-refractivity contribution in [3.05, 3.63) is 63.1 Å². The maximum absolute atomic E-state index is 12.3. The molecule has 0 saturated heterocycles. The van der Waals surface area contributed by atoms with E-state index in [1.54, 1.807) is 0 Å². The lowest BCUT2D eigenvalue weighted by atomic mass is 10.0. The third-order valence-electron chi connectivity index (χ3n) is 3.14. The van der Waals surface area contributed by atoms with Crippen LogP contribution in [0.25, 0.3) is 0 Å². The SMILES string of the molecule is Cc1ccc(C(=O)Nc2cccc(Br)c2C)c(C)c1. The summed E-state index contributed by atoms with van der Waals surface area (Å²) in [7, 11) is 0. The van der Waals surface area contributed by atoms with Gasteiger partial charge in [0.25, 0.3) is 5.91 Å². The number of nitrogens with one attached hydrogen (secondary N) is 1. The first-order valence-electron chi connectivity index (χ1n) is 6.13. The number of carbonyl (C=O) groups is 1. The Labute approximate surface area is 122 Å². The highest BCUT2D eigenvalue weighted by Gasteiger charge is 2.11. The lowest BCUT2D eigenvalue weighted by Gasteiger charge is -2.11. The van der Waals surface area contributed by atoms with Crippen LogP contribution < -0.4 is 5.32 Å². The van der Waals surface area contributed by atoms with E-state index >= 15 is 0 Å². The van der Waals surface area contributed by atoms with Crippen LogP contribution in [-0.2, 0) is 0 Å². The largest absolute Gasteiger partial charge is 0.322 e. The standard InChI is InChI=1S/C16H16BrNO/c1-10-7-8-13(11(2)9-10)16(19)18-15-6-4-5-14(17)12(15)3/h4-9H,1-3H3,(H,18,19). The molecule has 0 aliphatic carbocycles. The number of hydrogen-bond donors (Lipinski definition) is 1. The van der Waals surface area contributed by atoms with Crippen molar-refractivity contribution in [1.82, 2.24) is 0 Å². The molecule has 1 N–H and O–H groups in total.